The minimum Gasteiger partial charge on any atom is -0.381 e. The van der Waals surface area contributed by atoms with Crippen LogP contribution < -0.4 is 0 Å². The lowest BCUT2D eigenvalue weighted by Crippen LogP contribution is -2.31. The second-order valence-electron chi connectivity index (χ2n) is 8.97. The van der Waals surface area contributed by atoms with Gasteiger partial charge in [0, 0.05) is 31.4 Å². The van der Waals surface area contributed by atoms with Crippen LogP contribution in [0.15, 0.2) is 12.4 Å². The molecular formula is C21H31N5O4S. The van der Waals surface area contributed by atoms with Gasteiger partial charge < -0.3 is 14.0 Å². The Labute approximate surface area is 183 Å². The van der Waals surface area contributed by atoms with Crippen LogP contribution in [0.5, 0.6) is 0 Å². The van der Waals surface area contributed by atoms with Gasteiger partial charge in [0.1, 0.15) is 23.5 Å². The van der Waals surface area contributed by atoms with E-state index >= 15 is 0 Å². The molecule has 3 atom stereocenters. The molecular weight excluding hydrogens is 418 g/mol. The maximum Gasteiger partial charge on any atom is 0.163 e. The Kier molecular flexibility index (Phi) is 6.15. The third-order valence-electron chi connectivity index (χ3n) is 6.46. The maximum absolute atomic E-state index is 13.4. The highest BCUT2D eigenvalue weighted by atomic mass is 32.2. The molecule has 0 spiro atoms. The summed E-state index contributed by atoms with van der Waals surface area (Å²) in [6, 6.07) is 0. The van der Waals surface area contributed by atoms with Gasteiger partial charge in [0.25, 0.3) is 0 Å². The Hall–Kier alpha value is -1.91. The van der Waals surface area contributed by atoms with Crippen LogP contribution in [0.1, 0.15) is 74.6 Å². The summed E-state index contributed by atoms with van der Waals surface area (Å²) in [4.78, 5) is 8.55. The van der Waals surface area contributed by atoms with Crippen LogP contribution in [0, 0.1) is 6.92 Å². The fourth-order valence-electron chi connectivity index (χ4n) is 4.23. The number of hydrogen-bond donors (Lipinski definition) is 0. The molecule has 0 amide bonds. The quantitative estimate of drug-likeness (QED) is 0.605. The van der Waals surface area contributed by atoms with Crippen molar-refractivity contribution in [2.75, 3.05) is 20.3 Å². The molecule has 10 heteroatoms. The summed E-state index contributed by atoms with van der Waals surface area (Å²) in [5.41, 5.74) is 1.15. The summed E-state index contributed by atoms with van der Waals surface area (Å²) in [5, 5.41) is 7.97. The highest BCUT2D eigenvalue weighted by molar-refractivity contribution is 7.91. The zero-order valence-corrected chi connectivity index (χ0v) is 19.4. The van der Waals surface area contributed by atoms with E-state index in [4.69, 9.17) is 9.47 Å². The summed E-state index contributed by atoms with van der Waals surface area (Å²) >= 11 is 0. The first-order valence-corrected chi connectivity index (χ1v) is 12.5. The van der Waals surface area contributed by atoms with Crippen LogP contribution in [0.25, 0.3) is 0 Å². The van der Waals surface area contributed by atoms with Gasteiger partial charge >= 0.3 is 0 Å². The van der Waals surface area contributed by atoms with Crippen molar-refractivity contribution in [3.63, 3.8) is 0 Å². The second kappa shape index (κ2) is 8.55. The molecule has 0 N–H and O–H groups in total. The number of nitrogens with zero attached hydrogens (tertiary/aromatic N) is 5. The minimum absolute atomic E-state index is 0.118. The molecule has 2 fully saturated rings. The predicted octanol–water partition coefficient (Wildman–Crippen LogP) is 2.47. The first kappa shape index (κ1) is 22.3. The molecule has 170 valence electrons. The van der Waals surface area contributed by atoms with Crippen molar-refractivity contribution in [2.45, 2.75) is 75.0 Å². The van der Waals surface area contributed by atoms with Crippen LogP contribution in [0.3, 0.4) is 0 Å². The highest BCUT2D eigenvalue weighted by Gasteiger charge is 2.45. The predicted molar refractivity (Wildman–Crippen MR) is 114 cm³/mol. The van der Waals surface area contributed by atoms with Crippen molar-refractivity contribution < 1.29 is 17.9 Å². The largest absolute Gasteiger partial charge is 0.381 e. The summed E-state index contributed by atoms with van der Waals surface area (Å²) < 4.78 is 40.0. The van der Waals surface area contributed by atoms with Crippen molar-refractivity contribution in [3.8, 4) is 0 Å². The van der Waals surface area contributed by atoms with Crippen LogP contribution in [0.2, 0.25) is 0 Å². The van der Waals surface area contributed by atoms with Gasteiger partial charge in [0.15, 0.2) is 9.84 Å². The molecule has 9 nitrogen and oxygen atoms in total. The molecule has 3 heterocycles. The average molecular weight is 450 g/mol. The smallest absolute Gasteiger partial charge is 0.163 e. The average Bonchev–Trinajstić information content (AvgIpc) is 3.36. The van der Waals surface area contributed by atoms with E-state index in [0.29, 0.717) is 18.1 Å². The van der Waals surface area contributed by atoms with Gasteiger partial charge in [-0.25, -0.2) is 8.42 Å². The Balaban J connectivity index is 1.61. The monoisotopic (exact) mass is 449 g/mol. The van der Waals surface area contributed by atoms with Gasteiger partial charge in [-0.05, 0) is 46.5 Å². The molecule has 2 aliphatic rings. The lowest BCUT2D eigenvalue weighted by molar-refractivity contribution is 0.0762. The molecule has 0 unspecified atom stereocenters. The number of sulfone groups is 1. The first-order chi connectivity index (χ1) is 14.7. The van der Waals surface area contributed by atoms with Crippen molar-refractivity contribution >= 4 is 9.84 Å². The lowest BCUT2D eigenvalue weighted by atomic mass is 10.0. The van der Waals surface area contributed by atoms with Crippen LogP contribution in [0.4, 0.5) is 0 Å². The third-order valence-corrected chi connectivity index (χ3v) is 8.50. The molecule has 1 aliphatic carbocycles. The van der Waals surface area contributed by atoms with Crippen LogP contribution in [-0.2, 0) is 30.6 Å². The van der Waals surface area contributed by atoms with E-state index in [-0.39, 0.29) is 17.2 Å². The van der Waals surface area contributed by atoms with E-state index in [0.717, 1.165) is 43.8 Å². The van der Waals surface area contributed by atoms with Gasteiger partial charge in [-0.1, -0.05) is 0 Å². The van der Waals surface area contributed by atoms with Crippen molar-refractivity contribution in [3.05, 3.63) is 35.4 Å². The minimum atomic E-state index is -3.60. The summed E-state index contributed by atoms with van der Waals surface area (Å²) in [6.07, 6.45) is 6.43. The Bertz CT molecular complexity index is 1010. The van der Waals surface area contributed by atoms with E-state index in [2.05, 4.69) is 31.7 Å². The van der Waals surface area contributed by atoms with Gasteiger partial charge in [-0.15, -0.1) is 10.2 Å². The van der Waals surface area contributed by atoms with E-state index in [1.807, 2.05) is 6.92 Å². The molecule has 0 aromatic carbocycles. The molecule has 0 bridgehead atoms. The third kappa shape index (κ3) is 4.51. The zero-order chi connectivity index (χ0) is 22.2. The topological polar surface area (TPSA) is 109 Å². The Morgan fingerprint density at radius 3 is 2.65 bits per heavy atom. The number of hydrogen-bond acceptors (Lipinski definition) is 8. The van der Waals surface area contributed by atoms with E-state index < -0.39 is 21.2 Å². The van der Waals surface area contributed by atoms with Gasteiger partial charge in [0.2, 0.25) is 0 Å². The van der Waals surface area contributed by atoms with Crippen molar-refractivity contribution in [1.29, 1.82) is 0 Å². The Morgan fingerprint density at radius 2 is 2.06 bits per heavy atom. The SMILES string of the molecule is CO[C@H](c1cnc(C)cn1)[C@H](C)S(=O)(=O)Cc1nnc([C@@H]2CCCOC2)n1C1(C)CC1. The van der Waals surface area contributed by atoms with E-state index in [9.17, 15) is 8.42 Å². The summed E-state index contributed by atoms with van der Waals surface area (Å²) in [5.74, 6) is 1.31. The number of aromatic nitrogens is 5. The molecule has 2 aromatic heterocycles. The molecule has 2 aromatic rings. The second-order valence-corrected chi connectivity index (χ2v) is 11.3. The molecule has 31 heavy (non-hydrogen) atoms. The van der Waals surface area contributed by atoms with E-state index in [1.165, 1.54) is 7.11 Å². The first-order valence-electron chi connectivity index (χ1n) is 10.8. The van der Waals surface area contributed by atoms with Crippen molar-refractivity contribution in [1.82, 2.24) is 24.7 Å². The Morgan fingerprint density at radius 1 is 1.29 bits per heavy atom. The highest BCUT2D eigenvalue weighted by Crippen LogP contribution is 2.46. The fourth-order valence-corrected chi connectivity index (χ4v) is 5.66. The normalized spacial score (nSPS) is 22.8. The lowest BCUT2D eigenvalue weighted by Gasteiger charge is -2.26. The van der Waals surface area contributed by atoms with Gasteiger partial charge in [-0.2, -0.15) is 0 Å². The molecule has 1 aliphatic heterocycles. The van der Waals surface area contributed by atoms with E-state index in [1.54, 1.807) is 19.3 Å². The van der Waals surface area contributed by atoms with Crippen molar-refractivity contribution in [2.24, 2.45) is 0 Å². The maximum atomic E-state index is 13.4. The molecule has 0 radical (unpaired) electrons. The fraction of sp³-hybridized carbons (Fsp3) is 0.714. The number of ether oxygens (including phenoxy) is 2. The van der Waals surface area contributed by atoms with Gasteiger partial charge in [-0.3, -0.25) is 9.97 Å². The molecule has 1 saturated carbocycles. The number of rotatable bonds is 8. The number of aryl methyl sites for hydroxylation is 1. The van der Waals surface area contributed by atoms with Crippen LogP contribution in [-0.4, -0.2) is 58.7 Å². The standard InChI is InChI=1S/C21H31N5O4S/c1-14-10-23-17(11-22-14)19(29-4)15(2)31(27,28)13-18-24-25-20(16-6-5-9-30-12-16)26(18)21(3)7-8-21/h10-11,15-16,19H,5-9,12-13H2,1-4H3/t15-,16+,19-/m0/s1. The number of methoxy groups -OCH3 is 1. The molecule has 4 rings (SSSR count). The summed E-state index contributed by atoms with van der Waals surface area (Å²) in [6.45, 7) is 7.00. The summed E-state index contributed by atoms with van der Waals surface area (Å²) in [7, 11) is -2.11. The molecule has 1 saturated heterocycles. The van der Waals surface area contributed by atoms with Gasteiger partial charge in [0.05, 0.1) is 29.4 Å². The van der Waals surface area contributed by atoms with Crippen LogP contribution >= 0.6 is 0 Å². The zero-order valence-electron chi connectivity index (χ0n) is 18.6.